The summed E-state index contributed by atoms with van der Waals surface area (Å²) in [5.41, 5.74) is 1.44. The third-order valence-electron chi connectivity index (χ3n) is 2.92. The molecule has 1 aromatic rings. The first-order valence-electron chi connectivity index (χ1n) is 6.56. The number of nitrogens with one attached hydrogen (secondary N) is 1. The van der Waals surface area contributed by atoms with Crippen molar-refractivity contribution in [2.75, 3.05) is 20.8 Å². The zero-order valence-corrected chi connectivity index (χ0v) is 12.6. The van der Waals surface area contributed by atoms with Crippen molar-refractivity contribution >= 4 is 12.0 Å². The van der Waals surface area contributed by atoms with Gasteiger partial charge < -0.3 is 14.8 Å². The summed E-state index contributed by atoms with van der Waals surface area (Å²) in [6, 6.07) is 3.42. The molecular formula is C15H18F3NO3. The van der Waals surface area contributed by atoms with Crippen molar-refractivity contribution in [1.29, 1.82) is 0 Å². The fraction of sp³-hybridized carbons (Fsp3) is 0.400. The predicted molar refractivity (Wildman–Crippen MR) is 77.0 cm³/mol. The molecule has 0 saturated carbocycles. The van der Waals surface area contributed by atoms with Gasteiger partial charge in [-0.1, -0.05) is 12.2 Å². The molecular weight excluding hydrogens is 299 g/mol. The van der Waals surface area contributed by atoms with Crippen molar-refractivity contribution in [2.24, 2.45) is 0 Å². The first-order chi connectivity index (χ1) is 10.3. The molecule has 0 bridgehead atoms. The molecule has 0 unspecified atom stereocenters. The maximum atomic E-state index is 12.1. The number of allylic oxidation sites excluding steroid dienone is 1. The van der Waals surface area contributed by atoms with Crippen LogP contribution in [0.3, 0.4) is 0 Å². The van der Waals surface area contributed by atoms with Crippen LogP contribution < -0.4 is 14.8 Å². The van der Waals surface area contributed by atoms with Crippen LogP contribution in [0.5, 0.6) is 11.5 Å². The molecule has 7 heteroatoms. The normalized spacial score (nSPS) is 11.5. The summed E-state index contributed by atoms with van der Waals surface area (Å²) in [6.45, 7) is 1.70. The number of hydrogen-bond acceptors (Lipinski definition) is 3. The summed E-state index contributed by atoms with van der Waals surface area (Å²) in [4.78, 5) is 10.8. The SMILES string of the molecule is CC=Cc1cc(OC)c(CCNC(=O)C(F)(F)F)cc1OC. The van der Waals surface area contributed by atoms with Gasteiger partial charge in [-0.15, -0.1) is 0 Å². The van der Waals surface area contributed by atoms with Gasteiger partial charge in [0.25, 0.3) is 0 Å². The van der Waals surface area contributed by atoms with Gasteiger partial charge in [0.1, 0.15) is 11.5 Å². The highest BCUT2D eigenvalue weighted by molar-refractivity contribution is 5.81. The van der Waals surface area contributed by atoms with Gasteiger partial charge in [-0.2, -0.15) is 13.2 Å². The smallest absolute Gasteiger partial charge is 0.471 e. The number of carbonyl (C=O) groups is 1. The Morgan fingerprint density at radius 2 is 1.86 bits per heavy atom. The van der Waals surface area contributed by atoms with Crippen LogP contribution in [0.15, 0.2) is 18.2 Å². The standard InChI is InChI=1S/C15H18F3NO3/c1-4-5-10-8-13(22-3)11(9-12(10)21-2)6-7-19-14(20)15(16,17)18/h4-5,8-9H,6-7H2,1-3H3,(H,19,20). The quantitative estimate of drug-likeness (QED) is 0.877. The fourth-order valence-corrected chi connectivity index (χ4v) is 1.90. The van der Waals surface area contributed by atoms with Crippen LogP contribution in [0.4, 0.5) is 13.2 Å². The predicted octanol–water partition coefficient (Wildman–Crippen LogP) is 2.96. The van der Waals surface area contributed by atoms with E-state index in [9.17, 15) is 18.0 Å². The summed E-state index contributed by atoms with van der Waals surface area (Å²) in [5.74, 6) is -0.852. The molecule has 22 heavy (non-hydrogen) atoms. The first-order valence-corrected chi connectivity index (χ1v) is 6.56. The Labute approximate surface area is 126 Å². The minimum atomic E-state index is -4.88. The summed E-state index contributed by atoms with van der Waals surface area (Å²) < 4.78 is 46.8. The third-order valence-corrected chi connectivity index (χ3v) is 2.92. The Hall–Kier alpha value is -2.18. The van der Waals surface area contributed by atoms with Crippen molar-refractivity contribution in [2.45, 2.75) is 19.5 Å². The summed E-state index contributed by atoms with van der Waals surface area (Å²) >= 11 is 0. The zero-order chi connectivity index (χ0) is 16.8. The van der Waals surface area contributed by atoms with Gasteiger partial charge in [-0.25, -0.2) is 0 Å². The number of rotatable bonds is 6. The number of alkyl halides is 3. The lowest BCUT2D eigenvalue weighted by Crippen LogP contribution is -2.37. The molecule has 1 amide bonds. The van der Waals surface area contributed by atoms with Gasteiger partial charge in [0.15, 0.2) is 0 Å². The molecule has 0 aliphatic carbocycles. The Morgan fingerprint density at radius 3 is 2.36 bits per heavy atom. The van der Waals surface area contributed by atoms with Crippen LogP contribution in [-0.2, 0) is 11.2 Å². The monoisotopic (exact) mass is 317 g/mol. The van der Waals surface area contributed by atoms with Crippen LogP contribution in [-0.4, -0.2) is 32.8 Å². The van der Waals surface area contributed by atoms with Crippen molar-refractivity contribution in [3.8, 4) is 11.5 Å². The zero-order valence-electron chi connectivity index (χ0n) is 12.6. The molecule has 122 valence electrons. The van der Waals surface area contributed by atoms with Crippen LogP contribution in [0.25, 0.3) is 6.08 Å². The molecule has 0 aliphatic heterocycles. The third kappa shape index (κ3) is 4.68. The number of benzene rings is 1. The molecule has 0 atom stereocenters. The highest BCUT2D eigenvalue weighted by atomic mass is 19.4. The molecule has 0 radical (unpaired) electrons. The number of ether oxygens (including phenoxy) is 2. The van der Waals surface area contributed by atoms with E-state index in [2.05, 4.69) is 0 Å². The van der Waals surface area contributed by atoms with E-state index in [4.69, 9.17) is 9.47 Å². The highest BCUT2D eigenvalue weighted by Gasteiger charge is 2.38. The summed E-state index contributed by atoms with van der Waals surface area (Å²) in [5, 5.41) is 1.83. The van der Waals surface area contributed by atoms with Crippen LogP contribution >= 0.6 is 0 Å². The number of methoxy groups -OCH3 is 2. The Kier molecular flexibility index (Phi) is 6.27. The second kappa shape index (κ2) is 7.72. The average Bonchev–Trinajstić information content (AvgIpc) is 2.47. The van der Waals surface area contributed by atoms with Crippen LogP contribution in [0.2, 0.25) is 0 Å². The lowest BCUT2D eigenvalue weighted by Gasteiger charge is -2.14. The van der Waals surface area contributed by atoms with E-state index in [0.29, 0.717) is 17.1 Å². The second-order valence-corrected chi connectivity index (χ2v) is 4.41. The van der Waals surface area contributed by atoms with Crippen LogP contribution in [0, 0.1) is 0 Å². The van der Waals surface area contributed by atoms with Gasteiger partial charge in [0, 0.05) is 12.1 Å². The van der Waals surface area contributed by atoms with Gasteiger partial charge in [-0.3, -0.25) is 4.79 Å². The molecule has 0 aromatic heterocycles. The Morgan fingerprint density at radius 1 is 1.23 bits per heavy atom. The van der Waals surface area contributed by atoms with E-state index in [1.54, 1.807) is 12.1 Å². The lowest BCUT2D eigenvalue weighted by atomic mass is 10.1. The summed E-state index contributed by atoms with van der Waals surface area (Å²) in [6.07, 6.45) is -1.02. The molecule has 0 aliphatic rings. The molecule has 0 saturated heterocycles. The molecule has 0 spiro atoms. The molecule has 4 nitrogen and oxygen atoms in total. The average molecular weight is 317 g/mol. The van der Waals surface area contributed by atoms with Crippen molar-refractivity contribution in [3.05, 3.63) is 29.3 Å². The highest BCUT2D eigenvalue weighted by Crippen LogP contribution is 2.30. The maximum Gasteiger partial charge on any atom is 0.471 e. The molecule has 0 fully saturated rings. The maximum absolute atomic E-state index is 12.1. The molecule has 1 N–H and O–H groups in total. The second-order valence-electron chi connectivity index (χ2n) is 4.41. The molecule has 1 rings (SSSR count). The van der Waals surface area contributed by atoms with E-state index in [1.807, 2.05) is 24.4 Å². The van der Waals surface area contributed by atoms with E-state index in [-0.39, 0.29) is 13.0 Å². The largest absolute Gasteiger partial charge is 0.496 e. The number of halogens is 3. The lowest BCUT2D eigenvalue weighted by molar-refractivity contribution is -0.173. The topological polar surface area (TPSA) is 47.6 Å². The van der Waals surface area contributed by atoms with Crippen LogP contribution in [0.1, 0.15) is 18.1 Å². The van der Waals surface area contributed by atoms with Gasteiger partial charge in [-0.05, 0) is 31.0 Å². The van der Waals surface area contributed by atoms with E-state index >= 15 is 0 Å². The van der Waals surface area contributed by atoms with Crippen molar-refractivity contribution in [1.82, 2.24) is 5.32 Å². The van der Waals surface area contributed by atoms with Crippen molar-refractivity contribution < 1.29 is 27.4 Å². The molecule has 0 heterocycles. The number of hydrogen-bond donors (Lipinski definition) is 1. The van der Waals surface area contributed by atoms with Gasteiger partial charge in [0.05, 0.1) is 14.2 Å². The van der Waals surface area contributed by atoms with E-state index in [0.717, 1.165) is 5.56 Å². The van der Waals surface area contributed by atoms with Gasteiger partial charge >= 0.3 is 12.1 Å². The Bertz CT molecular complexity index is 554. The van der Waals surface area contributed by atoms with E-state index in [1.165, 1.54) is 14.2 Å². The minimum Gasteiger partial charge on any atom is -0.496 e. The summed E-state index contributed by atoms with van der Waals surface area (Å²) in [7, 11) is 2.98. The minimum absolute atomic E-state index is 0.152. The molecule has 1 aromatic carbocycles. The van der Waals surface area contributed by atoms with E-state index < -0.39 is 12.1 Å². The Balaban J connectivity index is 2.88. The van der Waals surface area contributed by atoms with Crippen molar-refractivity contribution in [3.63, 3.8) is 0 Å². The first kappa shape index (κ1) is 17.9. The number of amides is 1. The fourth-order valence-electron chi connectivity index (χ4n) is 1.90. The van der Waals surface area contributed by atoms with Gasteiger partial charge in [0.2, 0.25) is 0 Å². The number of carbonyl (C=O) groups excluding carboxylic acids is 1.